The minimum absolute atomic E-state index is 0.00381. The molecule has 0 bridgehead atoms. The third-order valence-electron chi connectivity index (χ3n) is 3.91. The maximum absolute atomic E-state index is 15.0. The van der Waals surface area contributed by atoms with Gasteiger partial charge in [0.2, 0.25) is 0 Å². The summed E-state index contributed by atoms with van der Waals surface area (Å²) in [7, 11) is 0. The molecule has 3 aromatic rings. The quantitative estimate of drug-likeness (QED) is 0.326. The predicted octanol–water partition coefficient (Wildman–Crippen LogP) is 5.35. The Bertz CT molecular complexity index is 1100. The van der Waals surface area contributed by atoms with Gasteiger partial charge in [0.15, 0.2) is 11.8 Å². The van der Waals surface area contributed by atoms with Gasteiger partial charge in [0, 0.05) is 5.56 Å². The van der Waals surface area contributed by atoms with Gasteiger partial charge in [-0.2, -0.15) is 0 Å². The molecular formula is C22H22FN3O3S. The molecular weight excluding hydrogens is 405 g/mol. The number of carbonyl (C=O) groups is 1. The lowest BCUT2D eigenvalue weighted by molar-refractivity contribution is -0.153. The monoisotopic (exact) mass is 427 g/mol. The molecule has 30 heavy (non-hydrogen) atoms. The molecule has 0 fully saturated rings. The van der Waals surface area contributed by atoms with E-state index in [-0.39, 0.29) is 30.5 Å². The highest BCUT2D eigenvalue weighted by molar-refractivity contribution is 7.18. The standard InChI is InChI=1S/C22H22FN3O3S/c1-22(2,3)29-19(27)12-17(25)28-16(24)11-18-26-15-10-9-14(20(23)21(15)30-18)13-7-5-4-6-8-13/h4-10,24-25H,11-12H2,1-3H3. The van der Waals surface area contributed by atoms with Crippen LogP contribution in [0.1, 0.15) is 32.2 Å². The Morgan fingerprint density at radius 2 is 1.80 bits per heavy atom. The average molecular weight is 428 g/mol. The number of esters is 1. The second-order valence-electron chi connectivity index (χ2n) is 7.64. The first-order chi connectivity index (χ1) is 14.1. The molecule has 0 saturated heterocycles. The van der Waals surface area contributed by atoms with Crippen LogP contribution in [0.3, 0.4) is 0 Å². The largest absolute Gasteiger partial charge is 0.460 e. The number of nitrogens with zero attached hydrogens (tertiary/aromatic N) is 1. The summed E-state index contributed by atoms with van der Waals surface area (Å²) < 4.78 is 25.6. The van der Waals surface area contributed by atoms with Gasteiger partial charge >= 0.3 is 5.97 Å². The van der Waals surface area contributed by atoms with Crippen LogP contribution >= 0.6 is 11.3 Å². The van der Waals surface area contributed by atoms with Gasteiger partial charge in [0.25, 0.3) is 0 Å². The van der Waals surface area contributed by atoms with E-state index in [1.807, 2.05) is 30.3 Å². The Hall–Kier alpha value is -3.13. The Morgan fingerprint density at radius 3 is 2.47 bits per heavy atom. The van der Waals surface area contributed by atoms with Gasteiger partial charge in [0.05, 0.1) is 16.6 Å². The van der Waals surface area contributed by atoms with Gasteiger partial charge < -0.3 is 9.47 Å². The number of hydrogen-bond acceptors (Lipinski definition) is 7. The minimum atomic E-state index is -0.658. The molecule has 0 spiro atoms. The highest BCUT2D eigenvalue weighted by atomic mass is 32.1. The lowest BCUT2D eigenvalue weighted by Gasteiger charge is -2.19. The number of benzene rings is 2. The van der Waals surface area contributed by atoms with Crippen molar-refractivity contribution in [2.45, 2.75) is 39.2 Å². The molecule has 8 heteroatoms. The topological polar surface area (TPSA) is 96.1 Å². The Balaban J connectivity index is 1.67. The summed E-state index contributed by atoms with van der Waals surface area (Å²) in [6.45, 7) is 5.19. The van der Waals surface area contributed by atoms with Crippen LogP contribution in [-0.4, -0.2) is 28.3 Å². The summed E-state index contributed by atoms with van der Waals surface area (Å²) in [6, 6.07) is 12.7. The van der Waals surface area contributed by atoms with E-state index in [9.17, 15) is 9.18 Å². The number of aromatic nitrogens is 1. The summed E-state index contributed by atoms with van der Waals surface area (Å²) >= 11 is 1.14. The zero-order valence-electron chi connectivity index (χ0n) is 16.9. The van der Waals surface area contributed by atoms with Crippen LogP contribution in [0.4, 0.5) is 4.39 Å². The first-order valence-electron chi connectivity index (χ1n) is 9.30. The van der Waals surface area contributed by atoms with Crippen LogP contribution in [0.15, 0.2) is 42.5 Å². The molecule has 3 rings (SSSR count). The van der Waals surface area contributed by atoms with E-state index in [1.165, 1.54) is 0 Å². The number of hydrogen-bond donors (Lipinski definition) is 2. The number of nitrogens with one attached hydrogen (secondary N) is 2. The summed E-state index contributed by atoms with van der Waals surface area (Å²) in [6.07, 6.45) is -0.370. The molecule has 0 aliphatic heterocycles. The van der Waals surface area contributed by atoms with E-state index in [2.05, 4.69) is 4.98 Å². The normalized spacial score (nSPS) is 11.3. The Morgan fingerprint density at radius 1 is 1.10 bits per heavy atom. The molecule has 2 aromatic carbocycles. The average Bonchev–Trinajstić information content (AvgIpc) is 3.04. The van der Waals surface area contributed by atoms with Crippen molar-refractivity contribution in [3.05, 3.63) is 53.3 Å². The molecule has 1 aromatic heterocycles. The van der Waals surface area contributed by atoms with Gasteiger partial charge in [-0.05, 0) is 38.5 Å². The molecule has 0 unspecified atom stereocenters. The third-order valence-corrected chi connectivity index (χ3v) is 4.97. The van der Waals surface area contributed by atoms with Crippen molar-refractivity contribution in [1.29, 1.82) is 10.8 Å². The summed E-state index contributed by atoms with van der Waals surface area (Å²) in [5, 5.41) is 16.2. The van der Waals surface area contributed by atoms with Crippen molar-refractivity contribution in [2.75, 3.05) is 0 Å². The van der Waals surface area contributed by atoms with E-state index in [4.69, 9.17) is 20.3 Å². The molecule has 0 amide bonds. The van der Waals surface area contributed by atoms with E-state index < -0.39 is 11.6 Å². The van der Waals surface area contributed by atoms with Gasteiger partial charge in [-0.25, -0.2) is 9.37 Å². The van der Waals surface area contributed by atoms with Crippen LogP contribution in [0, 0.1) is 16.6 Å². The Labute approximate surface area is 177 Å². The van der Waals surface area contributed by atoms with Crippen LogP contribution in [-0.2, 0) is 20.7 Å². The molecule has 156 valence electrons. The maximum atomic E-state index is 15.0. The number of rotatable bonds is 5. The van der Waals surface area contributed by atoms with Crippen LogP contribution in [0.5, 0.6) is 0 Å². The molecule has 6 nitrogen and oxygen atoms in total. The highest BCUT2D eigenvalue weighted by Crippen LogP contribution is 2.32. The van der Waals surface area contributed by atoms with Crippen molar-refractivity contribution >= 4 is 39.3 Å². The van der Waals surface area contributed by atoms with Crippen molar-refractivity contribution in [3.8, 4) is 11.1 Å². The number of halogens is 1. The fourth-order valence-electron chi connectivity index (χ4n) is 2.79. The maximum Gasteiger partial charge on any atom is 0.315 e. The first kappa shape index (κ1) is 21.6. The zero-order valence-corrected chi connectivity index (χ0v) is 17.7. The molecule has 1 heterocycles. The second-order valence-corrected chi connectivity index (χ2v) is 8.72. The fourth-order valence-corrected chi connectivity index (χ4v) is 3.79. The second kappa shape index (κ2) is 8.71. The predicted molar refractivity (Wildman–Crippen MR) is 116 cm³/mol. The van der Waals surface area contributed by atoms with E-state index in [0.29, 0.717) is 20.8 Å². The van der Waals surface area contributed by atoms with Gasteiger partial charge in [0.1, 0.15) is 22.8 Å². The lowest BCUT2D eigenvalue weighted by atomic mass is 10.1. The van der Waals surface area contributed by atoms with Crippen LogP contribution < -0.4 is 0 Å². The summed E-state index contributed by atoms with van der Waals surface area (Å²) in [4.78, 5) is 16.1. The number of thiazole rings is 1. The molecule has 0 atom stereocenters. The van der Waals surface area contributed by atoms with E-state index >= 15 is 0 Å². The van der Waals surface area contributed by atoms with Gasteiger partial charge in [-0.3, -0.25) is 15.6 Å². The summed E-state index contributed by atoms with van der Waals surface area (Å²) in [5.74, 6) is -1.58. The number of carbonyl (C=O) groups excluding carboxylic acids is 1. The van der Waals surface area contributed by atoms with Crippen molar-refractivity contribution in [2.24, 2.45) is 0 Å². The highest BCUT2D eigenvalue weighted by Gasteiger charge is 2.20. The molecule has 0 aliphatic carbocycles. The smallest absolute Gasteiger partial charge is 0.315 e. The van der Waals surface area contributed by atoms with Crippen molar-refractivity contribution < 1.29 is 18.7 Å². The molecule has 2 N–H and O–H groups in total. The van der Waals surface area contributed by atoms with Crippen molar-refractivity contribution in [1.82, 2.24) is 4.98 Å². The molecule has 0 saturated carbocycles. The SMILES string of the molecule is CC(C)(C)OC(=O)CC(=N)OC(=N)Cc1nc2ccc(-c3ccccc3)c(F)c2s1. The minimum Gasteiger partial charge on any atom is -0.460 e. The van der Waals surface area contributed by atoms with Gasteiger partial charge in [-0.1, -0.05) is 30.3 Å². The van der Waals surface area contributed by atoms with Crippen molar-refractivity contribution in [3.63, 3.8) is 0 Å². The number of fused-ring (bicyclic) bond motifs is 1. The van der Waals surface area contributed by atoms with Gasteiger partial charge in [-0.15, -0.1) is 11.3 Å². The zero-order chi connectivity index (χ0) is 21.9. The van der Waals surface area contributed by atoms with E-state index in [1.54, 1.807) is 32.9 Å². The lowest BCUT2D eigenvalue weighted by Crippen LogP contribution is -2.26. The molecule has 0 radical (unpaired) electrons. The van der Waals surface area contributed by atoms with E-state index in [0.717, 1.165) is 16.9 Å². The van der Waals surface area contributed by atoms with Crippen LogP contribution in [0.25, 0.3) is 21.3 Å². The molecule has 0 aliphatic rings. The first-order valence-corrected chi connectivity index (χ1v) is 10.1. The van der Waals surface area contributed by atoms with Crippen LogP contribution in [0.2, 0.25) is 0 Å². The Kier molecular flexibility index (Phi) is 6.26. The fraction of sp³-hybridized carbons (Fsp3) is 0.273. The summed E-state index contributed by atoms with van der Waals surface area (Å²) in [5.41, 5.74) is 1.11. The third kappa shape index (κ3) is 5.48. The number of ether oxygens (including phenoxy) is 2.